The van der Waals surface area contributed by atoms with Gasteiger partial charge >= 0.3 is 0 Å². The molecule has 0 saturated carbocycles. The maximum absolute atomic E-state index is 3.77. The van der Waals surface area contributed by atoms with Crippen molar-refractivity contribution in [2.45, 2.75) is 18.4 Å². The molecule has 0 aliphatic rings. The lowest BCUT2D eigenvalue weighted by atomic mass is 10.1. The van der Waals surface area contributed by atoms with Crippen molar-refractivity contribution in [3.63, 3.8) is 0 Å². The fourth-order valence-corrected chi connectivity index (χ4v) is 2.67. The van der Waals surface area contributed by atoms with Gasteiger partial charge in [0.15, 0.2) is 0 Å². The quantitative estimate of drug-likeness (QED) is 0.592. The van der Waals surface area contributed by atoms with E-state index < -0.39 is 0 Å². The second kappa shape index (κ2) is 7.05. The fraction of sp³-hybridized carbons (Fsp3) is 0.176. The lowest BCUT2D eigenvalue weighted by Gasteiger charge is -2.11. The third kappa shape index (κ3) is 4.18. The third-order valence-electron chi connectivity index (χ3n) is 2.81. The van der Waals surface area contributed by atoms with E-state index in [0.717, 1.165) is 12.3 Å². The zero-order valence-electron chi connectivity index (χ0n) is 11.2. The van der Waals surface area contributed by atoms with Crippen LogP contribution in [0.3, 0.4) is 0 Å². The van der Waals surface area contributed by atoms with Crippen LogP contribution in [0.5, 0.6) is 0 Å². The van der Waals surface area contributed by atoms with Crippen molar-refractivity contribution < 1.29 is 0 Å². The SMILES string of the molecule is C=CCSc1ccccc1NCc1cccc(C)c1. The van der Waals surface area contributed by atoms with Gasteiger partial charge in [-0.3, -0.25) is 0 Å². The molecule has 0 atom stereocenters. The Morgan fingerprint density at radius 3 is 2.79 bits per heavy atom. The lowest BCUT2D eigenvalue weighted by molar-refractivity contribution is 1.12. The topological polar surface area (TPSA) is 12.0 Å². The fourth-order valence-electron chi connectivity index (χ4n) is 1.91. The first kappa shape index (κ1) is 13.8. The van der Waals surface area contributed by atoms with E-state index in [9.17, 15) is 0 Å². The minimum atomic E-state index is 0.855. The summed E-state index contributed by atoms with van der Waals surface area (Å²) in [6.45, 7) is 6.74. The Morgan fingerprint density at radius 2 is 2.00 bits per heavy atom. The highest BCUT2D eigenvalue weighted by Crippen LogP contribution is 2.27. The van der Waals surface area contributed by atoms with E-state index in [2.05, 4.69) is 67.4 Å². The van der Waals surface area contributed by atoms with Gasteiger partial charge in [0.05, 0.1) is 0 Å². The summed E-state index contributed by atoms with van der Waals surface area (Å²) in [5, 5.41) is 3.51. The Morgan fingerprint density at radius 1 is 1.16 bits per heavy atom. The van der Waals surface area contributed by atoms with Gasteiger partial charge in [-0.15, -0.1) is 18.3 Å². The van der Waals surface area contributed by atoms with Crippen molar-refractivity contribution in [3.8, 4) is 0 Å². The van der Waals surface area contributed by atoms with Crippen molar-refractivity contribution in [3.05, 3.63) is 72.3 Å². The van der Waals surface area contributed by atoms with Crippen LogP contribution < -0.4 is 5.32 Å². The minimum Gasteiger partial charge on any atom is -0.380 e. The maximum Gasteiger partial charge on any atom is 0.0481 e. The molecule has 0 bridgehead atoms. The summed E-state index contributed by atoms with van der Waals surface area (Å²) < 4.78 is 0. The maximum atomic E-state index is 3.77. The summed E-state index contributed by atoms with van der Waals surface area (Å²) in [6.07, 6.45) is 1.93. The van der Waals surface area contributed by atoms with Crippen LogP contribution in [0.25, 0.3) is 0 Å². The number of thioether (sulfide) groups is 1. The second-order valence-corrected chi connectivity index (χ2v) is 5.50. The molecule has 0 aliphatic heterocycles. The highest BCUT2D eigenvalue weighted by atomic mass is 32.2. The lowest BCUT2D eigenvalue weighted by Crippen LogP contribution is -2.00. The number of rotatable bonds is 6. The Hall–Kier alpha value is -1.67. The van der Waals surface area contributed by atoms with E-state index >= 15 is 0 Å². The molecule has 2 aromatic rings. The number of hydrogen-bond donors (Lipinski definition) is 1. The van der Waals surface area contributed by atoms with Gasteiger partial charge in [-0.1, -0.05) is 48.0 Å². The first-order valence-electron chi connectivity index (χ1n) is 6.42. The standard InChI is InChI=1S/C17H19NS/c1-3-11-19-17-10-5-4-9-16(17)18-13-15-8-6-7-14(2)12-15/h3-10,12,18H,1,11,13H2,2H3. The van der Waals surface area contributed by atoms with E-state index in [0.29, 0.717) is 0 Å². The minimum absolute atomic E-state index is 0.855. The van der Waals surface area contributed by atoms with Gasteiger partial charge < -0.3 is 5.32 Å². The molecule has 0 aliphatic carbocycles. The van der Waals surface area contributed by atoms with Gasteiger partial charge in [0.25, 0.3) is 0 Å². The summed E-state index contributed by atoms with van der Waals surface area (Å²) >= 11 is 1.80. The highest BCUT2D eigenvalue weighted by Gasteiger charge is 2.01. The van der Waals surface area contributed by atoms with Crippen LogP contribution in [0.4, 0.5) is 5.69 Å². The summed E-state index contributed by atoms with van der Waals surface area (Å²) in [5.74, 6) is 0.934. The molecule has 0 aromatic heterocycles. The first-order valence-corrected chi connectivity index (χ1v) is 7.40. The first-order chi connectivity index (χ1) is 9.29. The van der Waals surface area contributed by atoms with Crippen LogP contribution in [0.1, 0.15) is 11.1 Å². The monoisotopic (exact) mass is 269 g/mol. The molecule has 2 aromatic carbocycles. The van der Waals surface area contributed by atoms with Gasteiger partial charge in [0.1, 0.15) is 0 Å². The molecule has 2 rings (SSSR count). The number of aryl methyl sites for hydroxylation is 1. The molecule has 0 fully saturated rings. The smallest absolute Gasteiger partial charge is 0.0481 e. The van der Waals surface area contributed by atoms with E-state index in [-0.39, 0.29) is 0 Å². The number of nitrogens with one attached hydrogen (secondary N) is 1. The zero-order chi connectivity index (χ0) is 13.5. The summed E-state index contributed by atoms with van der Waals surface area (Å²) in [4.78, 5) is 1.27. The largest absolute Gasteiger partial charge is 0.380 e. The Labute approximate surface area is 119 Å². The number of hydrogen-bond acceptors (Lipinski definition) is 2. The van der Waals surface area contributed by atoms with Crippen LogP contribution in [0.2, 0.25) is 0 Å². The molecule has 1 nitrogen and oxygen atoms in total. The van der Waals surface area contributed by atoms with Gasteiger partial charge in [0.2, 0.25) is 0 Å². The summed E-state index contributed by atoms with van der Waals surface area (Å²) in [5.41, 5.74) is 3.80. The van der Waals surface area contributed by atoms with Crippen LogP contribution in [0.15, 0.2) is 66.1 Å². The second-order valence-electron chi connectivity index (χ2n) is 4.44. The van der Waals surface area contributed by atoms with Crippen molar-refractivity contribution >= 4 is 17.4 Å². The normalized spacial score (nSPS) is 10.2. The molecule has 0 unspecified atom stereocenters. The van der Waals surface area contributed by atoms with Gasteiger partial charge in [-0.25, -0.2) is 0 Å². The molecule has 0 amide bonds. The molecule has 0 radical (unpaired) electrons. The van der Waals surface area contributed by atoms with Crippen LogP contribution >= 0.6 is 11.8 Å². The van der Waals surface area contributed by atoms with Gasteiger partial charge in [-0.2, -0.15) is 0 Å². The number of benzene rings is 2. The predicted molar refractivity (Wildman–Crippen MR) is 85.9 cm³/mol. The Bertz CT molecular complexity index is 548. The average molecular weight is 269 g/mol. The molecular formula is C17H19NS. The van der Waals surface area contributed by atoms with E-state index in [4.69, 9.17) is 0 Å². The van der Waals surface area contributed by atoms with Crippen molar-refractivity contribution in [2.24, 2.45) is 0 Å². The molecule has 2 heteroatoms. The van der Waals surface area contributed by atoms with Crippen LogP contribution in [-0.2, 0) is 6.54 Å². The van der Waals surface area contributed by atoms with Crippen molar-refractivity contribution in [1.82, 2.24) is 0 Å². The third-order valence-corrected chi connectivity index (χ3v) is 3.88. The average Bonchev–Trinajstić information content (AvgIpc) is 2.44. The van der Waals surface area contributed by atoms with E-state index in [1.165, 1.54) is 21.7 Å². The molecule has 1 N–H and O–H groups in total. The number of para-hydroxylation sites is 1. The van der Waals surface area contributed by atoms with Crippen molar-refractivity contribution in [2.75, 3.05) is 11.1 Å². The van der Waals surface area contributed by atoms with E-state index in [1.807, 2.05) is 6.08 Å². The Balaban J connectivity index is 2.04. The van der Waals surface area contributed by atoms with Crippen LogP contribution in [-0.4, -0.2) is 5.75 Å². The van der Waals surface area contributed by atoms with Gasteiger partial charge in [-0.05, 0) is 24.6 Å². The van der Waals surface area contributed by atoms with Crippen LogP contribution in [0, 0.1) is 6.92 Å². The molecule has 0 heterocycles. The molecule has 19 heavy (non-hydrogen) atoms. The molecular weight excluding hydrogens is 250 g/mol. The molecule has 0 spiro atoms. The van der Waals surface area contributed by atoms with E-state index in [1.54, 1.807) is 11.8 Å². The molecule has 0 saturated heterocycles. The van der Waals surface area contributed by atoms with Gasteiger partial charge in [0, 0.05) is 22.9 Å². The molecule has 98 valence electrons. The van der Waals surface area contributed by atoms with Crippen molar-refractivity contribution in [1.29, 1.82) is 0 Å². The zero-order valence-corrected chi connectivity index (χ0v) is 12.0. The highest BCUT2D eigenvalue weighted by molar-refractivity contribution is 7.99. The Kier molecular flexibility index (Phi) is 5.10. The predicted octanol–water partition coefficient (Wildman–Crippen LogP) is 4.89. The summed E-state index contributed by atoms with van der Waals surface area (Å²) in [7, 11) is 0. The summed E-state index contributed by atoms with van der Waals surface area (Å²) in [6, 6.07) is 17.0. The number of anilines is 1.